The van der Waals surface area contributed by atoms with Crippen molar-refractivity contribution in [2.75, 3.05) is 12.3 Å². The Morgan fingerprint density at radius 3 is 2.47 bits per heavy atom. The summed E-state index contributed by atoms with van der Waals surface area (Å²) in [5.74, 6) is -0.0926. The minimum atomic E-state index is -5.64. The predicted octanol–water partition coefficient (Wildman–Crippen LogP) is -0.475. The third-order valence-corrected chi connectivity index (χ3v) is 7.15. The Balaban J connectivity index is 1.65. The van der Waals surface area contributed by atoms with Crippen LogP contribution in [0.5, 0.6) is 0 Å². The molecule has 2 unspecified atom stereocenters. The number of fused-ring (bicyclic) bond motifs is 1. The van der Waals surface area contributed by atoms with Crippen molar-refractivity contribution >= 4 is 40.4 Å². The van der Waals surface area contributed by atoms with E-state index in [1.807, 2.05) is 0 Å². The largest absolute Gasteiger partial charge is 0.490 e. The monoisotopic (exact) mass is 489 g/mol. The number of aromatic nitrogens is 4. The molecule has 20 heteroatoms. The van der Waals surface area contributed by atoms with Crippen molar-refractivity contribution in [3.05, 3.63) is 24.5 Å². The van der Waals surface area contributed by atoms with Crippen LogP contribution in [0.15, 0.2) is 24.5 Å². The third kappa shape index (κ3) is 5.49. The molecule has 0 spiro atoms. The Bertz CT molecular complexity index is 1130. The van der Waals surface area contributed by atoms with Gasteiger partial charge >= 0.3 is 23.5 Å². The average Bonchev–Trinajstić information content (AvgIpc) is 3.13. The van der Waals surface area contributed by atoms with Crippen molar-refractivity contribution in [3.63, 3.8) is 0 Å². The number of anilines is 1. The van der Waals surface area contributed by atoms with Crippen molar-refractivity contribution in [3.8, 4) is 0 Å². The van der Waals surface area contributed by atoms with Gasteiger partial charge in [-0.15, -0.1) is 0 Å². The van der Waals surface area contributed by atoms with Crippen molar-refractivity contribution in [1.29, 1.82) is 0 Å². The van der Waals surface area contributed by atoms with Gasteiger partial charge in [-0.3, -0.25) is 9.09 Å². The van der Waals surface area contributed by atoms with E-state index in [9.17, 15) is 23.7 Å². The topological polar surface area (TPSA) is 259 Å². The number of rotatable bonds is 8. The van der Waals surface area contributed by atoms with Gasteiger partial charge in [0.25, 0.3) is 0 Å². The SMILES string of the molecule is Nc1ncnc2c1ncn2[C@@H]1OC(COP(=O)(O)OP(=O)(O)OP(=O)(O)O)=C[C@@H]1O. The van der Waals surface area contributed by atoms with Gasteiger partial charge in [0.1, 0.15) is 36.6 Å². The molecule has 0 saturated heterocycles. The molecule has 0 aliphatic carbocycles. The highest BCUT2D eigenvalue weighted by molar-refractivity contribution is 7.66. The van der Waals surface area contributed by atoms with Crippen LogP contribution in [0.3, 0.4) is 0 Å². The molecular weight excluding hydrogens is 475 g/mol. The number of hydrogen-bond acceptors (Lipinski definition) is 12. The number of imidazole rings is 1. The van der Waals surface area contributed by atoms with E-state index >= 15 is 0 Å². The van der Waals surface area contributed by atoms with E-state index in [-0.39, 0.29) is 22.7 Å². The number of hydrogen-bond donors (Lipinski definition) is 6. The summed E-state index contributed by atoms with van der Waals surface area (Å²) in [6.07, 6.45) is 1.15. The van der Waals surface area contributed by atoms with Gasteiger partial charge in [-0.25, -0.2) is 28.6 Å². The van der Waals surface area contributed by atoms with Crippen LogP contribution < -0.4 is 5.73 Å². The van der Waals surface area contributed by atoms with Gasteiger partial charge in [0.15, 0.2) is 11.5 Å². The number of phosphoric ester groups is 1. The molecule has 2 aromatic heterocycles. The fourth-order valence-corrected chi connectivity index (χ4v) is 5.33. The highest BCUT2D eigenvalue weighted by Gasteiger charge is 2.41. The first-order chi connectivity index (χ1) is 13.8. The molecule has 0 bridgehead atoms. The Morgan fingerprint density at radius 2 is 1.80 bits per heavy atom. The van der Waals surface area contributed by atoms with E-state index in [1.54, 1.807) is 0 Å². The first kappa shape index (κ1) is 22.9. The molecule has 30 heavy (non-hydrogen) atoms. The lowest BCUT2D eigenvalue weighted by Gasteiger charge is -2.19. The highest BCUT2D eigenvalue weighted by Crippen LogP contribution is 2.66. The van der Waals surface area contributed by atoms with Crippen LogP contribution in [0.1, 0.15) is 6.23 Å². The summed E-state index contributed by atoms with van der Waals surface area (Å²) in [6, 6.07) is 0. The predicted molar refractivity (Wildman–Crippen MR) is 93.8 cm³/mol. The molecule has 4 atom stereocenters. The lowest BCUT2D eigenvalue weighted by atomic mass is 10.3. The smallest absolute Gasteiger partial charge is 0.469 e. The summed E-state index contributed by atoms with van der Waals surface area (Å²) in [5, 5.41) is 10.2. The van der Waals surface area contributed by atoms with Gasteiger partial charge in [0.2, 0.25) is 6.23 Å². The molecule has 1 aliphatic heterocycles. The number of nitrogen functional groups attached to an aromatic ring is 1. The van der Waals surface area contributed by atoms with E-state index in [0.29, 0.717) is 0 Å². The Hall–Kier alpha value is -1.74. The van der Waals surface area contributed by atoms with Crippen LogP contribution in [0.25, 0.3) is 11.2 Å². The Kier molecular flexibility index (Phi) is 6.17. The Morgan fingerprint density at radius 1 is 1.10 bits per heavy atom. The summed E-state index contributed by atoms with van der Waals surface area (Å²) in [6.45, 7) is -0.832. The molecule has 3 rings (SSSR count). The normalized spacial score (nSPS) is 23.6. The van der Waals surface area contributed by atoms with Gasteiger partial charge in [-0.05, 0) is 6.08 Å². The number of phosphoric acid groups is 3. The highest BCUT2D eigenvalue weighted by atomic mass is 31.3. The van der Waals surface area contributed by atoms with Crippen LogP contribution in [-0.4, -0.2) is 56.9 Å². The summed E-state index contributed by atoms with van der Waals surface area (Å²) in [4.78, 5) is 47.3. The van der Waals surface area contributed by atoms with Gasteiger partial charge < -0.3 is 35.2 Å². The maximum atomic E-state index is 11.7. The second-order valence-electron chi connectivity index (χ2n) is 5.58. The van der Waals surface area contributed by atoms with E-state index in [2.05, 4.69) is 28.1 Å². The van der Waals surface area contributed by atoms with E-state index in [1.165, 1.54) is 17.2 Å². The molecule has 0 aromatic carbocycles. The van der Waals surface area contributed by atoms with Gasteiger partial charge in [-0.1, -0.05) is 0 Å². The van der Waals surface area contributed by atoms with Crippen LogP contribution >= 0.6 is 23.5 Å². The van der Waals surface area contributed by atoms with Gasteiger partial charge in [-0.2, -0.15) is 8.62 Å². The molecule has 0 radical (unpaired) electrons. The van der Waals surface area contributed by atoms with Crippen molar-refractivity contribution in [2.45, 2.75) is 12.3 Å². The fraction of sp³-hybridized carbons (Fsp3) is 0.300. The molecule has 0 saturated carbocycles. The van der Waals surface area contributed by atoms with Crippen LogP contribution in [-0.2, 0) is 31.6 Å². The summed E-state index contributed by atoms with van der Waals surface area (Å²) in [5.41, 5.74) is 6.15. The zero-order chi connectivity index (χ0) is 22.3. The minimum Gasteiger partial charge on any atom is -0.469 e. The molecule has 1 aliphatic rings. The maximum Gasteiger partial charge on any atom is 0.490 e. The molecule has 17 nitrogen and oxygen atoms in total. The zero-order valence-electron chi connectivity index (χ0n) is 14.4. The summed E-state index contributed by atoms with van der Waals surface area (Å²) < 4.78 is 51.9. The number of nitrogens with zero attached hydrogens (tertiary/aromatic N) is 4. The van der Waals surface area contributed by atoms with Crippen molar-refractivity contribution in [1.82, 2.24) is 19.5 Å². The number of aliphatic hydroxyl groups excluding tert-OH is 1. The van der Waals surface area contributed by atoms with E-state index in [4.69, 9.17) is 25.2 Å². The molecule has 2 aromatic rings. The Labute approximate surface area is 166 Å². The summed E-state index contributed by atoms with van der Waals surface area (Å²) >= 11 is 0. The van der Waals surface area contributed by atoms with E-state index in [0.717, 1.165) is 6.08 Å². The number of nitrogens with two attached hydrogens (primary N) is 1. The standard InChI is InChI=1S/C10H14N5O12P3/c11-8-7-9(13-3-12-8)15(4-14-7)10-6(16)1-5(25-10)2-24-29(20,21)27-30(22,23)26-28(17,18)19/h1,3-4,6,10,16H,2H2,(H,20,21)(H,22,23)(H2,11,12,13)(H2,17,18,19)/t6-,10+/m0/s1. The number of ether oxygens (including phenoxy) is 1. The maximum absolute atomic E-state index is 11.7. The van der Waals surface area contributed by atoms with Crippen LogP contribution in [0, 0.1) is 0 Å². The van der Waals surface area contributed by atoms with Gasteiger partial charge in [0, 0.05) is 0 Å². The zero-order valence-corrected chi connectivity index (χ0v) is 17.1. The molecule has 166 valence electrons. The summed E-state index contributed by atoms with van der Waals surface area (Å²) in [7, 11) is -16.5. The van der Waals surface area contributed by atoms with E-state index < -0.39 is 42.4 Å². The van der Waals surface area contributed by atoms with Crippen molar-refractivity contribution < 1.29 is 56.3 Å². The minimum absolute atomic E-state index is 0.0899. The first-order valence-corrected chi connectivity index (χ1v) is 12.1. The quantitative estimate of drug-likeness (QED) is 0.256. The van der Waals surface area contributed by atoms with Crippen LogP contribution in [0.4, 0.5) is 5.82 Å². The van der Waals surface area contributed by atoms with Gasteiger partial charge in [0.05, 0.1) is 0 Å². The fourth-order valence-electron chi connectivity index (χ4n) is 2.35. The third-order valence-electron chi connectivity index (χ3n) is 3.37. The molecular formula is C10H14N5O12P3. The van der Waals surface area contributed by atoms with Crippen molar-refractivity contribution in [2.24, 2.45) is 0 Å². The second-order valence-corrected chi connectivity index (χ2v) is 10.00. The lowest BCUT2D eigenvalue weighted by Crippen LogP contribution is -2.20. The first-order valence-electron chi connectivity index (χ1n) is 7.53. The number of aliphatic hydroxyl groups is 1. The molecule has 0 fully saturated rings. The molecule has 7 N–H and O–H groups in total. The average molecular weight is 489 g/mol. The van der Waals surface area contributed by atoms with Crippen LogP contribution in [0.2, 0.25) is 0 Å². The molecule has 0 amide bonds. The second kappa shape index (κ2) is 8.07. The lowest BCUT2D eigenvalue weighted by molar-refractivity contribution is -0.00503. The molecule has 3 heterocycles.